The summed E-state index contributed by atoms with van der Waals surface area (Å²) in [5, 5.41) is 0. The van der Waals surface area contributed by atoms with E-state index in [9.17, 15) is 4.79 Å². The lowest BCUT2D eigenvalue weighted by Gasteiger charge is -2.33. The smallest absolute Gasteiger partial charge is 0.126 e. The molecule has 0 heterocycles. The van der Waals surface area contributed by atoms with Crippen molar-refractivity contribution in [3.63, 3.8) is 0 Å². The monoisotopic (exact) mass is 152 g/mol. The van der Waals surface area contributed by atoms with Gasteiger partial charge in [0.1, 0.15) is 6.29 Å². The van der Waals surface area contributed by atoms with Crippen LogP contribution in [0.1, 0.15) is 39.5 Å². The largest absolute Gasteiger partial charge is 0.303 e. The molecule has 0 radical (unpaired) electrons. The molecule has 2 saturated carbocycles. The fourth-order valence-corrected chi connectivity index (χ4v) is 2.60. The second kappa shape index (κ2) is 1.88. The highest BCUT2D eigenvalue weighted by molar-refractivity contribution is 5.67. The first-order valence-electron chi connectivity index (χ1n) is 4.59. The number of carbonyl (C=O) groups is 1. The van der Waals surface area contributed by atoms with Gasteiger partial charge >= 0.3 is 0 Å². The van der Waals surface area contributed by atoms with Crippen LogP contribution < -0.4 is 0 Å². The highest BCUT2D eigenvalue weighted by atomic mass is 16.1. The minimum atomic E-state index is 0.102. The average Bonchev–Trinajstić information content (AvgIpc) is 2.31. The van der Waals surface area contributed by atoms with Crippen molar-refractivity contribution in [1.29, 1.82) is 0 Å². The number of hydrogen-bond acceptors (Lipinski definition) is 1. The van der Waals surface area contributed by atoms with Crippen molar-refractivity contribution in [2.24, 2.45) is 16.7 Å². The maximum atomic E-state index is 10.9. The van der Waals surface area contributed by atoms with Crippen molar-refractivity contribution < 1.29 is 4.79 Å². The Labute approximate surface area is 68.2 Å². The second-order valence-electron chi connectivity index (χ2n) is 4.85. The predicted molar refractivity (Wildman–Crippen MR) is 44.2 cm³/mol. The summed E-state index contributed by atoms with van der Waals surface area (Å²) in [6.07, 6.45) is 6.30. The third-order valence-electron chi connectivity index (χ3n) is 3.91. The molecule has 1 heteroatoms. The molecular weight excluding hydrogens is 136 g/mol. The molecule has 2 aliphatic carbocycles. The van der Waals surface area contributed by atoms with Crippen LogP contribution in [0.15, 0.2) is 0 Å². The Balaban J connectivity index is 2.14. The molecule has 0 aromatic rings. The minimum Gasteiger partial charge on any atom is -0.303 e. The lowest BCUT2D eigenvalue weighted by molar-refractivity contribution is -0.116. The molecule has 2 rings (SSSR count). The van der Waals surface area contributed by atoms with Crippen molar-refractivity contribution in [3.8, 4) is 0 Å². The molecule has 2 aliphatic rings. The summed E-state index contributed by atoms with van der Waals surface area (Å²) in [5.41, 5.74) is 0.422. The highest BCUT2D eigenvalue weighted by Gasteiger charge is 2.65. The van der Waals surface area contributed by atoms with Crippen molar-refractivity contribution >= 4 is 6.29 Å². The van der Waals surface area contributed by atoms with E-state index in [0.29, 0.717) is 5.41 Å². The van der Waals surface area contributed by atoms with Gasteiger partial charge in [-0.3, -0.25) is 0 Å². The van der Waals surface area contributed by atoms with E-state index in [1.54, 1.807) is 0 Å². The summed E-state index contributed by atoms with van der Waals surface area (Å²) in [5.74, 6) is 0.731. The van der Waals surface area contributed by atoms with E-state index in [-0.39, 0.29) is 5.41 Å². The van der Waals surface area contributed by atoms with Crippen LogP contribution in [0.25, 0.3) is 0 Å². The highest BCUT2D eigenvalue weighted by Crippen LogP contribution is 2.69. The minimum absolute atomic E-state index is 0.102. The first-order valence-corrected chi connectivity index (χ1v) is 4.59. The zero-order valence-electron chi connectivity index (χ0n) is 7.39. The van der Waals surface area contributed by atoms with E-state index in [2.05, 4.69) is 13.8 Å². The van der Waals surface area contributed by atoms with Crippen LogP contribution in [-0.2, 0) is 4.79 Å². The first kappa shape index (κ1) is 7.33. The van der Waals surface area contributed by atoms with Crippen molar-refractivity contribution in [1.82, 2.24) is 0 Å². The predicted octanol–water partition coefficient (Wildman–Crippen LogP) is 2.40. The van der Waals surface area contributed by atoms with Crippen LogP contribution in [0, 0.1) is 16.7 Å². The molecule has 0 spiro atoms. The van der Waals surface area contributed by atoms with E-state index in [1.807, 2.05) is 0 Å². The maximum Gasteiger partial charge on any atom is 0.126 e. The lowest BCUT2D eigenvalue weighted by atomic mass is 9.71. The Morgan fingerprint density at radius 3 is 2.00 bits per heavy atom. The molecule has 2 fully saturated rings. The Bertz CT molecular complexity index is 191. The molecule has 0 saturated heterocycles. The molecule has 1 nitrogen and oxygen atoms in total. The van der Waals surface area contributed by atoms with Gasteiger partial charge in [-0.2, -0.15) is 0 Å². The van der Waals surface area contributed by atoms with E-state index >= 15 is 0 Å². The van der Waals surface area contributed by atoms with Gasteiger partial charge in [0.2, 0.25) is 0 Å². The quantitative estimate of drug-likeness (QED) is 0.555. The molecular formula is C10H16O. The van der Waals surface area contributed by atoms with Gasteiger partial charge in [-0.05, 0) is 30.6 Å². The fourth-order valence-electron chi connectivity index (χ4n) is 2.60. The van der Waals surface area contributed by atoms with Gasteiger partial charge in [-0.1, -0.05) is 20.3 Å². The Morgan fingerprint density at radius 1 is 1.36 bits per heavy atom. The van der Waals surface area contributed by atoms with Crippen LogP contribution in [0.2, 0.25) is 0 Å². The topological polar surface area (TPSA) is 17.1 Å². The molecule has 11 heavy (non-hydrogen) atoms. The Hall–Kier alpha value is -0.330. The van der Waals surface area contributed by atoms with Gasteiger partial charge in [0.15, 0.2) is 0 Å². The standard InChI is InChI=1S/C10H16O/c1-9(2)6-10(9,7-11)8-4-3-5-8/h7-8H,3-6H2,1-2H3. The number of carbonyl (C=O) groups excluding carboxylic acids is 1. The Kier molecular flexibility index (Phi) is 1.25. The summed E-state index contributed by atoms with van der Waals surface area (Å²) >= 11 is 0. The van der Waals surface area contributed by atoms with Gasteiger partial charge < -0.3 is 4.79 Å². The van der Waals surface area contributed by atoms with Crippen LogP contribution in [0.5, 0.6) is 0 Å². The number of rotatable bonds is 2. The molecule has 0 aromatic carbocycles. The Morgan fingerprint density at radius 2 is 1.91 bits per heavy atom. The van der Waals surface area contributed by atoms with E-state index in [0.717, 1.165) is 12.3 Å². The van der Waals surface area contributed by atoms with Gasteiger partial charge in [-0.25, -0.2) is 0 Å². The zero-order chi connectivity index (χ0) is 8.11. The van der Waals surface area contributed by atoms with E-state index in [1.165, 1.54) is 25.5 Å². The first-order chi connectivity index (χ1) is 5.12. The summed E-state index contributed by atoms with van der Waals surface area (Å²) in [6, 6.07) is 0. The van der Waals surface area contributed by atoms with Gasteiger partial charge in [-0.15, -0.1) is 0 Å². The molecule has 0 bridgehead atoms. The summed E-state index contributed by atoms with van der Waals surface area (Å²) in [4.78, 5) is 10.9. The SMILES string of the molecule is CC1(C)CC1(C=O)C1CCC1. The summed E-state index contributed by atoms with van der Waals surface area (Å²) in [7, 11) is 0. The molecule has 1 unspecified atom stereocenters. The fraction of sp³-hybridized carbons (Fsp3) is 0.900. The van der Waals surface area contributed by atoms with Gasteiger partial charge in [0, 0.05) is 5.41 Å². The molecule has 0 aliphatic heterocycles. The van der Waals surface area contributed by atoms with Crippen LogP contribution in [-0.4, -0.2) is 6.29 Å². The molecule has 0 amide bonds. The van der Waals surface area contributed by atoms with Crippen molar-refractivity contribution in [3.05, 3.63) is 0 Å². The summed E-state index contributed by atoms with van der Waals surface area (Å²) < 4.78 is 0. The van der Waals surface area contributed by atoms with Gasteiger partial charge in [0.05, 0.1) is 0 Å². The maximum absolute atomic E-state index is 10.9. The number of hydrogen-bond donors (Lipinski definition) is 0. The third kappa shape index (κ3) is 0.743. The zero-order valence-corrected chi connectivity index (χ0v) is 7.39. The molecule has 62 valence electrons. The molecule has 1 atom stereocenters. The lowest BCUT2D eigenvalue weighted by Crippen LogP contribution is -2.28. The third-order valence-corrected chi connectivity index (χ3v) is 3.91. The number of aldehydes is 1. The van der Waals surface area contributed by atoms with Crippen LogP contribution >= 0.6 is 0 Å². The average molecular weight is 152 g/mol. The van der Waals surface area contributed by atoms with Crippen molar-refractivity contribution in [2.45, 2.75) is 39.5 Å². The second-order valence-corrected chi connectivity index (χ2v) is 4.85. The molecule has 0 aromatic heterocycles. The van der Waals surface area contributed by atoms with Crippen LogP contribution in [0.3, 0.4) is 0 Å². The summed E-state index contributed by atoms with van der Waals surface area (Å²) in [6.45, 7) is 4.44. The van der Waals surface area contributed by atoms with E-state index in [4.69, 9.17) is 0 Å². The van der Waals surface area contributed by atoms with E-state index < -0.39 is 0 Å². The van der Waals surface area contributed by atoms with Crippen LogP contribution in [0.4, 0.5) is 0 Å². The normalized spacial score (nSPS) is 41.3. The van der Waals surface area contributed by atoms with Crippen molar-refractivity contribution in [2.75, 3.05) is 0 Å². The molecule has 0 N–H and O–H groups in total. The van der Waals surface area contributed by atoms with Gasteiger partial charge in [0.25, 0.3) is 0 Å².